The van der Waals surface area contributed by atoms with Gasteiger partial charge in [0.05, 0.1) is 17.6 Å². The average molecular weight is 638 g/mol. The zero-order valence-electron chi connectivity index (χ0n) is 24.1. The molecule has 2 aromatic rings. The smallest absolute Gasteiger partial charge is 0.266 e. The molecule has 7 heteroatoms. The van der Waals surface area contributed by atoms with Gasteiger partial charge in [-0.2, -0.15) is 0 Å². The quantitative estimate of drug-likeness (QED) is 0.193. The number of amidine groups is 1. The van der Waals surface area contributed by atoms with Crippen molar-refractivity contribution in [1.29, 1.82) is 0 Å². The maximum absolute atomic E-state index is 13.9. The second-order valence-corrected chi connectivity index (χ2v) is 13.1. The number of halogens is 1. The van der Waals surface area contributed by atoms with Crippen LogP contribution < -0.4 is 9.47 Å². The summed E-state index contributed by atoms with van der Waals surface area (Å²) in [6, 6.07) is 12.8. The first-order valence-electron chi connectivity index (χ1n) is 15.1. The number of aliphatic imine (C=N–C) groups is 1. The van der Waals surface area contributed by atoms with Crippen LogP contribution >= 0.6 is 27.7 Å². The predicted molar refractivity (Wildman–Crippen MR) is 174 cm³/mol. The van der Waals surface area contributed by atoms with Gasteiger partial charge in [0.25, 0.3) is 5.91 Å². The summed E-state index contributed by atoms with van der Waals surface area (Å²) in [5, 5.41) is 0.908. The molecule has 0 spiro atoms. The molecule has 3 aliphatic rings. The summed E-state index contributed by atoms with van der Waals surface area (Å²) in [5.41, 5.74) is 3.00. The van der Waals surface area contributed by atoms with Gasteiger partial charge < -0.3 is 9.47 Å². The number of ether oxygens (including phenoxy) is 2. The number of amides is 1. The molecule has 3 fully saturated rings. The van der Waals surface area contributed by atoms with Gasteiger partial charge in [0.1, 0.15) is 6.61 Å². The molecule has 1 aliphatic heterocycles. The highest BCUT2D eigenvalue weighted by atomic mass is 79.9. The fraction of sp³-hybridized carbons (Fsp3) is 0.471. The number of hydrogen-bond donors (Lipinski definition) is 0. The molecule has 0 atom stereocenters. The number of carbonyl (C=O) groups is 1. The summed E-state index contributed by atoms with van der Waals surface area (Å²) < 4.78 is 13.5. The minimum atomic E-state index is 0.0928. The van der Waals surface area contributed by atoms with Crippen molar-refractivity contribution >= 4 is 44.8 Å². The molecular weight excluding hydrogens is 596 g/mol. The molecule has 0 aromatic heterocycles. The summed E-state index contributed by atoms with van der Waals surface area (Å²) in [7, 11) is 0. The van der Waals surface area contributed by atoms with E-state index in [0.717, 1.165) is 62.7 Å². The van der Waals surface area contributed by atoms with Crippen LogP contribution in [0.3, 0.4) is 0 Å². The Bertz CT molecular complexity index is 1280. The van der Waals surface area contributed by atoms with Gasteiger partial charge in [-0.3, -0.25) is 14.7 Å². The van der Waals surface area contributed by atoms with E-state index in [9.17, 15) is 4.79 Å². The van der Waals surface area contributed by atoms with Crippen molar-refractivity contribution in [3.8, 4) is 11.5 Å². The van der Waals surface area contributed by atoms with Crippen molar-refractivity contribution in [3.05, 3.63) is 75.1 Å². The van der Waals surface area contributed by atoms with Gasteiger partial charge in [0.2, 0.25) is 0 Å². The van der Waals surface area contributed by atoms with Crippen LogP contribution in [0.1, 0.15) is 87.8 Å². The Hall–Kier alpha value is -2.51. The number of thioether (sulfide) groups is 1. The van der Waals surface area contributed by atoms with E-state index in [1.165, 1.54) is 38.5 Å². The fourth-order valence-electron chi connectivity index (χ4n) is 5.99. The van der Waals surface area contributed by atoms with Gasteiger partial charge in [0.15, 0.2) is 16.7 Å². The van der Waals surface area contributed by atoms with Crippen LogP contribution in [0.25, 0.3) is 6.08 Å². The minimum absolute atomic E-state index is 0.0928. The van der Waals surface area contributed by atoms with E-state index in [1.807, 2.05) is 54.3 Å². The fourth-order valence-corrected chi connectivity index (χ4v) is 7.37. The summed E-state index contributed by atoms with van der Waals surface area (Å²) in [5.74, 6) is 1.51. The molecule has 5 rings (SSSR count). The van der Waals surface area contributed by atoms with Gasteiger partial charge in [-0.25, -0.2) is 0 Å². The molecular formula is C34H41BrN2O3S. The number of nitrogens with zero attached hydrogens (tertiary/aromatic N) is 2. The normalized spacial score (nSPS) is 20.6. The Balaban J connectivity index is 1.45. The van der Waals surface area contributed by atoms with Crippen molar-refractivity contribution in [2.24, 2.45) is 4.99 Å². The maximum Gasteiger partial charge on any atom is 0.266 e. The van der Waals surface area contributed by atoms with E-state index in [0.29, 0.717) is 31.4 Å². The van der Waals surface area contributed by atoms with Gasteiger partial charge in [-0.05, 0) is 92.3 Å². The van der Waals surface area contributed by atoms with Crippen molar-refractivity contribution in [2.75, 3.05) is 6.61 Å². The van der Waals surface area contributed by atoms with Crippen LogP contribution in [0.4, 0.5) is 0 Å². The van der Waals surface area contributed by atoms with E-state index in [-0.39, 0.29) is 11.9 Å². The predicted octanol–water partition coefficient (Wildman–Crippen LogP) is 9.09. The van der Waals surface area contributed by atoms with Gasteiger partial charge >= 0.3 is 0 Å². The SMILES string of the molecule is C=CCc1cc(C=C2SC(=NC3CCCCC3)N(C3CCCCC3)C2=O)cc(OCC)c1OCc1ccc(Br)cc1. The largest absolute Gasteiger partial charge is 0.490 e. The van der Waals surface area contributed by atoms with E-state index < -0.39 is 0 Å². The molecule has 41 heavy (non-hydrogen) atoms. The van der Waals surface area contributed by atoms with E-state index >= 15 is 0 Å². The third-order valence-corrected chi connectivity index (χ3v) is 9.58. The Labute approximate surface area is 257 Å². The first-order valence-corrected chi connectivity index (χ1v) is 16.8. The molecule has 2 aromatic carbocycles. The lowest BCUT2D eigenvalue weighted by Gasteiger charge is -2.31. The van der Waals surface area contributed by atoms with Gasteiger partial charge in [-0.15, -0.1) is 6.58 Å². The Morgan fingerprint density at radius 2 is 1.73 bits per heavy atom. The summed E-state index contributed by atoms with van der Waals surface area (Å²) in [6.45, 7) is 6.90. The van der Waals surface area contributed by atoms with Crippen LogP contribution in [-0.4, -0.2) is 34.7 Å². The van der Waals surface area contributed by atoms with E-state index in [1.54, 1.807) is 11.8 Å². The molecule has 0 bridgehead atoms. The van der Waals surface area contributed by atoms with Gasteiger partial charge in [-0.1, -0.05) is 72.7 Å². The third-order valence-electron chi connectivity index (χ3n) is 8.06. The molecule has 1 heterocycles. The minimum Gasteiger partial charge on any atom is -0.490 e. The molecule has 0 radical (unpaired) electrons. The van der Waals surface area contributed by atoms with Gasteiger partial charge in [0, 0.05) is 16.1 Å². The lowest BCUT2D eigenvalue weighted by molar-refractivity contribution is -0.124. The lowest BCUT2D eigenvalue weighted by Crippen LogP contribution is -2.41. The van der Waals surface area contributed by atoms with Crippen LogP contribution in [0.2, 0.25) is 0 Å². The second-order valence-electron chi connectivity index (χ2n) is 11.1. The monoisotopic (exact) mass is 636 g/mol. The molecule has 2 aliphatic carbocycles. The lowest BCUT2D eigenvalue weighted by atomic mass is 9.94. The molecule has 5 nitrogen and oxygen atoms in total. The zero-order valence-corrected chi connectivity index (χ0v) is 26.5. The molecule has 2 saturated carbocycles. The van der Waals surface area contributed by atoms with Crippen LogP contribution in [0.5, 0.6) is 11.5 Å². The van der Waals surface area contributed by atoms with E-state index in [4.69, 9.17) is 14.5 Å². The topological polar surface area (TPSA) is 51.1 Å². The number of allylic oxidation sites excluding steroid dienone is 1. The maximum atomic E-state index is 13.9. The number of benzene rings is 2. The second kappa shape index (κ2) is 14.6. The summed E-state index contributed by atoms with van der Waals surface area (Å²) in [6.07, 6.45) is 16.3. The highest BCUT2D eigenvalue weighted by Gasteiger charge is 2.39. The Morgan fingerprint density at radius 1 is 1.02 bits per heavy atom. The molecule has 0 unspecified atom stereocenters. The first kappa shape index (κ1) is 30.0. The Kier molecular flexibility index (Phi) is 10.7. The standard InChI is InChI=1S/C34H41BrN2O3S/c1-3-11-26-20-25(21-30(39-4-2)32(26)40-23-24-16-18-27(35)19-17-24)22-31-33(38)37(29-14-9-6-10-15-29)34(41-31)36-28-12-7-5-8-13-28/h3,16-22,28-29H,1,4-15,23H2,2H3. The zero-order chi connectivity index (χ0) is 28.6. The van der Waals surface area contributed by atoms with Crippen molar-refractivity contribution in [1.82, 2.24) is 4.90 Å². The molecule has 0 N–H and O–H groups in total. The molecule has 218 valence electrons. The number of rotatable bonds is 10. The summed E-state index contributed by atoms with van der Waals surface area (Å²) in [4.78, 5) is 21.9. The van der Waals surface area contributed by atoms with Crippen molar-refractivity contribution in [2.45, 2.75) is 96.2 Å². The van der Waals surface area contributed by atoms with Crippen LogP contribution in [0, 0.1) is 0 Å². The number of hydrogen-bond acceptors (Lipinski definition) is 5. The van der Waals surface area contributed by atoms with E-state index in [2.05, 4.69) is 28.6 Å². The summed E-state index contributed by atoms with van der Waals surface area (Å²) >= 11 is 5.05. The van der Waals surface area contributed by atoms with Crippen molar-refractivity contribution < 1.29 is 14.3 Å². The van der Waals surface area contributed by atoms with Crippen molar-refractivity contribution in [3.63, 3.8) is 0 Å². The number of carbonyl (C=O) groups excluding carboxylic acids is 1. The third kappa shape index (κ3) is 7.66. The highest BCUT2D eigenvalue weighted by Crippen LogP contribution is 2.40. The Morgan fingerprint density at radius 3 is 2.41 bits per heavy atom. The van der Waals surface area contributed by atoms with Crippen LogP contribution in [0.15, 0.2) is 63.4 Å². The molecule has 1 amide bonds. The van der Waals surface area contributed by atoms with Crippen LogP contribution in [-0.2, 0) is 17.8 Å². The molecule has 1 saturated heterocycles. The highest BCUT2D eigenvalue weighted by molar-refractivity contribution is 9.10. The average Bonchev–Trinajstić information content (AvgIpc) is 3.28. The first-order chi connectivity index (χ1) is 20.1.